The number of anilines is 1. The molecule has 0 atom stereocenters. The van der Waals surface area contributed by atoms with Crippen LogP contribution < -0.4 is 5.32 Å². The first kappa shape index (κ1) is 9.57. The highest BCUT2D eigenvalue weighted by molar-refractivity contribution is 5.35. The molecule has 0 amide bonds. The number of hydrogen-bond donors (Lipinski definition) is 1. The van der Waals surface area contributed by atoms with Gasteiger partial charge in [-0.2, -0.15) is 0 Å². The van der Waals surface area contributed by atoms with E-state index in [1.54, 1.807) is 6.07 Å². The maximum atomic E-state index is 13.1. The topological polar surface area (TPSA) is 51.0 Å². The first-order valence-corrected chi connectivity index (χ1v) is 4.20. The van der Waals surface area contributed by atoms with Gasteiger partial charge in [-0.3, -0.25) is 0 Å². The number of aromatic nitrogens is 2. The minimum atomic E-state index is -0.741. The Morgan fingerprint density at radius 3 is 2.93 bits per heavy atom. The Balaban J connectivity index is 2.05. The summed E-state index contributed by atoms with van der Waals surface area (Å²) in [6.07, 6.45) is 2.41. The Morgan fingerprint density at radius 1 is 1.40 bits per heavy atom. The molecular weight excluding hydrogens is 204 g/mol. The van der Waals surface area contributed by atoms with Crippen molar-refractivity contribution in [2.75, 3.05) is 5.32 Å². The number of pyridine rings is 1. The third kappa shape index (κ3) is 2.28. The molecule has 15 heavy (non-hydrogen) atoms. The van der Waals surface area contributed by atoms with E-state index in [4.69, 9.17) is 4.52 Å². The second-order valence-corrected chi connectivity index (χ2v) is 2.82. The fourth-order valence-corrected chi connectivity index (χ4v) is 1.05. The summed E-state index contributed by atoms with van der Waals surface area (Å²) in [5.41, 5.74) is 0. The van der Waals surface area contributed by atoms with Gasteiger partial charge in [-0.15, -0.1) is 0 Å². The first-order chi connectivity index (χ1) is 7.25. The molecule has 78 valence electrons. The van der Waals surface area contributed by atoms with Gasteiger partial charge in [0.1, 0.15) is 5.82 Å². The van der Waals surface area contributed by atoms with Crippen molar-refractivity contribution in [1.29, 1.82) is 0 Å². The average molecular weight is 211 g/mol. The maximum Gasteiger partial charge on any atom is 0.168 e. The lowest BCUT2D eigenvalue weighted by Crippen LogP contribution is -2.03. The van der Waals surface area contributed by atoms with Gasteiger partial charge in [-0.1, -0.05) is 5.16 Å². The Labute approximate surface area is 83.9 Å². The molecule has 4 nitrogen and oxygen atoms in total. The molecule has 0 unspecified atom stereocenters. The fraction of sp³-hybridized carbons (Fsp3) is 0.111. The van der Waals surface area contributed by atoms with Crippen LogP contribution in [0.1, 0.15) is 5.76 Å². The zero-order valence-corrected chi connectivity index (χ0v) is 7.58. The molecule has 0 saturated carbocycles. The SMILES string of the molecule is Fc1cnc(NCc2ccno2)c(F)c1. The number of nitrogens with zero attached hydrogens (tertiary/aromatic N) is 2. The molecule has 0 spiro atoms. The molecule has 0 bridgehead atoms. The third-order valence-electron chi connectivity index (χ3n) is 1.73. The smallest absolute Gasteiger partial charge is 0.168 e. The molecule has 2 heterocycles. The average Bonchev–Trinajstić information content (AvgIpc) is 2.69. The first-order valence-electron chi connectivity index (χ1n) is 4.20. The Morgan fingerprint density at radius 2 is 2.27 bits per heavy atom. The zero-order chi connectivity index (χ0) is 10.7. The second-order valence-electron chi connectivity index (χ2n) is 2.82. The van der Waals surface area contributed by atoms with Crippen LogP contribution in [0.15, 0.2) is 29.0 Å². The van der Waals surface area contributed by atoms with E-state index in [1.165, 1.54) is 6.20 Å². The molecule has 0 aliphatic heterocycles. The van der Waals surface area contributed by atoms with E-state index < -0.39 is 11.6 Å². The molecular formula is C9H7F2N3O. The Bertz CT molecular complexity index is 445. The highest BCUT2D eigenvalue weighted by atomic mass is 19.1. The van der Waals surface area contributed by atoms with Crippen molar-refractivity contribution in [3.05, 3.63) is 41.9 Å². The molecule has 0 radical (unpaired) electrons. The van der Waals surface area contributed by atoms with Gasteiger partial charge in [-0.25, -0.2) is 13.8 Å². The summed E-state index contributed by atoms with van der Waals surface area (Å²) in [7, 11) is 0. The van der Waals surface area contributed by atoms with Crippen LogP contribution in [-0.2, 0) is 6.54 Å². The van der Waals surface area contributed by atoms with E-state index in [9.17, 15) is 8.78 Å². The summed E-state index contributed by atoms with van der Waals surface area (Å²) >= 11 is 0. The van der Waals surface area contributed by atoms with Crippen LogP contribution in [0.5, 0.6) is 0 Å². The highest BCUT2D eigenvalue weighted by Crippen LogP contribution is 2.12. The molecule has 0 saturated heterocycles. The van der Waals surface area contributed by atoms with Crippen LogP contribution in [0.4, 0.5) is 14.6 Å². The van der Waals surface area contributed by atoms with Gasteiger partial charge in [0.2, 0.25) is 0 Å². The van der Waals surface area contributed by atoms with Gasteiger partial charge in [0.25, 0.3) is 0 Å². The number of rotatable bonds is 3. The van der Waals surface area contributed by atoms with E-state index in [2.05, 4.69) is 15.5 Å². The molecule has 2 rings (SSSR count). The van der Waals surface area contributed by atoms with Gasteiger partial charge in [0, 0.05) is 12.1 Å². The van der Waals surface area contributed by atoms with Crippen LogP contribution in [0, 0.1) is 11.6 Å². The lowest BCUT2D eigenvalue weighted by molar-refractivity contribution is 0.387. The quantitative estimate of drug-likeness (QED) is 0.843. The van der Waals surface area contributed by atoms with Crippen LogP contribution in [-0.4, -0.2) is 10.1 Å². The highest BCUT2D eigenvalue weighted by Gasteiger charge is 2.05. The molecule has 6 heteroatoms. The number of halogens is 2. The minimum absolute atomic E-state index is 0.0206. The zero-order valence-electron chi connectivity index (χ0n) is 7.58. The van der Waals surface area contributed by atoms with E-state index >= 15 is 0 Å². The van der Waals surface area contributed by atoms with Crippen molar-refractivity contribution >= 4 is 5.82 Å². The predicted octanol–water partition coefficient (Wildman–Crippen LogP) is 1.96. The van der Waals surface area contributed by atoms with Crippen molar-refractivity contribution in [1.82, 2.24) is 10.1 Å². The third-order valence-corrected chi connectivity index (χ3v) is 1.73. The van der Waals surface area contributed by atoms with Crippen LogP contribution in [0.25, 0.3) is 0 Å². The summed E-state index contributed by atoms with van der Waals surface area (Å²) < 4.78 is 30.4. The Hall–Kier alpha value is -1.98. The largest absolute Gasteiger partial charge is 0.360 e. The van der Waals surface area contributed by atoms with Crippen molar-refractivity contribution in [3.63, 3.8) is 0 Å². The van der Waals surface area contributed by atoms with Crippen LogP contribution in [0.3, 0.4) is 0 Å². The minimum Gasteiger partial charge on any atom is -0.360 e. The summed E-state index contributed by atoms with van der Waals surface area (Å²) in [5, 5.41) is 6.14. The Kier molecular flexibility index (Phi) is 2.57. The summed E-state index contributed by atoms with van der Waals surface area (Å²) in [6.45, 7) is 0.246. The number of hydrogen-bond acceptors (Lipinski definition) is 4. The maximum absolute atomic E-state index is 13.1. The standard InChI is InChI=1S/C9H7F2N3O/c10-6-3-8(11)9(12-4-6)13-5-7-1-2-14-15-7/h1-4H,5H2,(H,12,13). The molecule has 2 aromatic heterocycles. The molecule has 0 aliphatic carbocycles. The summed E-state index contributed by atoms with van der Waals surface area (Å²) in [5.74, 6) is -0.930. The number of nitrogens with one attached hydrogen (secondary N) is 1. The van der Waals surface area contributed by atoms with Crippen molar-refractivity contribution < 1.29 is 13.3 Å². The molecule has 1 N–H and O–H groups in total. The van der Waals surface area contributed by atoms with Crippen LogP contribution >= 0.6 is 0 Å². The molecule has 0 aliphatic rings. The molecule has 0 aromatic carbocycles. The molecule has 0 fully saturated rings. The normalized spacial score (nSPS) is 10.3. The van der Waals surface area contributed by atoms with E-state index in [0.717, 1.165) is 12.3 Å². The van der Waals surface area contributed by atoms with E-state index in [-0.39, 0.29) is 12.4 Å². The molecule has 2 aromatic rings. The second kappa shape index (κ2) is 4.04. The van der Waals surface area contributed by atoms with Crippen LogP contribution in [0.2, 0.25) is 0 Å². The van der Waals surface area contributed by atoms with Gasteiger partial charge >= 0.3 is 0 Å². The van der Waals surface area contributed by atoms with E-state index in [1.807, 2.05) is 0 Å². The van der Waals surface area contributed by atoms with Gasteiger partial charge in [0.15, 0.2) is 17.4 Å². The van der Waals surface area contributed by atoms with Crippen molar-refractivity contribution in [2.24, 2.45) is 0 Å². The summed E-state index contributed by atoms with van der Waals surface area (Å²) in [6, 6.07) is 2.39. The van der Waals surface area contributed by atoms with Crippen molar-refractivity contribution in [3.8, 4) is 0 Å². The fourth-order valence-electron chi connectivity index (χ4n) is 1.05. The predicted molar refractivity (Wildman–Crippen MR) is 48.0 cm³/mol. The van der Waals surface area contributed by atoms with Crippen molar-refractivity contribution in [2.45, 2.75) is 6.54 Å². The lowest BCUT2D eigenvalue weighted by Gasteiger charge is -2.03. The monoisotopic (exact) mass is 211 g/mol. The van der Waals surface area contributed by atoms with Gasteiger partial charge in [-0.05, 0) is 0 Å². The van der Waals surface area contributed by atoms with Gasteiger partial charge < -0.3 is 9.84 Å². The summed E-state index contributed by atoms with van der Waals surface area (Å²) in [4.78, 5) is 3.55. The van der Waals surface area contributed by atoms with E-state index in [0.29, 0.717) is 5.76 Å². The lowest BCUT2D eigenvalue weighted by atomic mass is 10.4. The van der Waals surface area contributed by atoms with Gasteiger partial charge in [0.05, 0.1) is 18.9 Å².